The number of hydrogen-bond acceptors (Lipinski definition) is 12. The number of nitrogens with two attached hydrogens (primary N) is 3. The normalized spacial score (nSPS) is 12.3. The Bertz CT molecular complexity index is 2810. The first-order valence-electron chi connectivity index (χ1n) is 21.7. The Hall–Kier alpha value is -9.42. The van der Waals surface area contributed by atoms with Gasteiger partial charge in [0.15, 0.2) is 0 Å². The minimum atomic E-state index is -0.596. The predicted octanol–water partition coefficient (Wildman–Crippen LogP) is 16.4. The van der Waals surface area contributed by atoms with Crippen molar-refractivity contribution in [2.45, 2.75) is 12.3 Å². The molecule has 0 aliphatic carbocycles. The molecule has 68 heavy (non-hydrogen) atoms. The van der Waals surface area contributed by atoms with Gasteiger partial charge in [0.05, 0.1) is 34.1 Å². The predicted molar refractivity (Wildman–Crippen MR) is 270 cm³/mol. The molecule has 0 aliphatic heterocycles. The van der Waals surface area contributed by atoms with Crippen molar-refractivity contribution in [3.63, 3.8) is 0 Å². The van der Waals surface area contributed by atoms with Gasteiger partial charge >= 0.3 is 0 Å². The summed E-state index contributed by atoms with van der Waals surface area (Å²) in [5.41, 5.74) is 26.2. The maximum atomic E-state index is 6.27. The average molecular weight is 892 g/mol. The van der Waals surface area contributed by atoms with Crippen LogP contribution in [0.2, 0.25) is 0 Å². The van der Waals surface area contributed by atoms with Gasteiger partial charge in [0, 0.05) is 22.5 Å². The van der Waals surface area contributed by atoms with Crippen LogP contribution in [-0.4, -0.2) is 0 Å². The molecule has 332 valence electrons. The first-order valence-corrected chi connectivity index (χ1v) is 21.7. The van der Waals surface area contributed by atoms with Crippen molar-refractivity contribution in [1.82, 2.24) is 0 Å². The van der Waals surface area contributed by atoms with E-state index in [0.717, 1.165) is 33.8 Å². The lowest BCUT2D eigenvalue weighted by molar-refractivity contribution is 0.481. The zero-order chi connectivity index (χ0) is 46.7. The Morgan fingerprint density at radius 3 is 0.603 bits per heavy atom. The van der Waals surface area contributed by atoms with Gasteiger partial charge in [0.1, 0.15) is 34.5 Å². The summed E-state index contributed by atoms with van der Waals surface area (Å²) in [4.78, 5) is 0. The highest BCUT2D eigenvalue weighted by molar-refractivity contribution is 5.55. The quantitative estimate of drug-likeness (QED) is 0.0523. The molecule has 0 bridgehead atoms. The van der Waals surface area contributed by atoms with Crippen LogP contribution in [0.25, 0.3) is 0 Å². The second-order valence-electron chi connectivity index (χ2n) is 15.9. The molecular formula is C56H45N9O3. The van der Waals surface area contributed by atoms with Gasteiger partial charge in [0.25, 0.3) is 0 Å². The summed E-state index contributed by atoms with van der Waals surface area (Å²) in [6.45, 7) is 2.21. The minimum absolute atomic E-state index is 0.596. The van der Waals surface area contributed by atoms with E-state index in [4.69, 9.17) is 31.4 Å². The SMILES string of the molecule is CC(c1ccc(Oc2ccc(N=Nc3ccc(N)cc3)cc2)cc1)(c1ccc(Oc2ccc(N=Nc3ccc(N)cc3)cc2)cc1)c1ccc(Oc2ccc(N=Nc3ccc(N)cc3)cc2)cc1. The molecule has 0 unspecified atom stereocenters. The summed E-state index contributed by atoms with van der Waals surface area (Å²) >= 11 is 0. The molecule has 6 N–H and O–H groups in total. The Labute approximate surface area is 393 Å². The second kappa shape index (κ2) is 20.2. The standard InChI is InChI=1S/C56H45N9O3/c1-56(38-2-26-50(27-3-38)66-53-32-20-47(21-33-53)63-60-44-14-8-41(57)9-15-44,39-4-28-51(29-5-39)67-54-34-22-48(23-35-54)64-61-45-16-10-42(58)11-17-45)40-6-30-52(31-7-40)68-55-36-24-49(25-37-55)65-62-46-18-12-43(59)13-19-46/h2-37H,57-59H2,1H3. The van der Waals surface area contributed by atoms with Crippen molar-refractivity contribution in [3.05, 3.63) is 235 Å². The highest BCUT2D eigenvalue weighted by Crippen LogP contribution is 2.42. The Morgan fingerprint density at radius 1 is 0.250 bits per heavy atom. The molecule has 0 heterocycles. The van der Waals surface area contributed by atoms with E-state index in [9.17, 15) is 0 Å². The summed E-state index contributed by atoms with van der Waals surface area (Å²) in [5, 5.41) is 25.9. The number of nitrogens with zero attached hydrogens (tertiary/aromatic N) is 6. The van der Waals surface area contributed by atoms with E-state index >= 15 is 0 Å². The zero-order valence-corrected chi connectivity index (χ0v) is 36.9. The van der Waals surface area contributed by atoms with Crippen molar-refractivity contribution < 1.29 is 14.2 Å². The molecule has 0 aromatic heterocycles. The van der Waals surface area contributed by atoms with Gasteiger partial charge < -0.3 is 31.4 Å². The van der Waals surface area contributed by atoms with Crippen molar-refractivity contribution in [1.29, 1.82) is 0 Å². The van der Waals surface area contributed by atoms with Gasteiger partial charge in [0.2, 0.25) is 0 Å². The Morgan fingerprint density at radius 2 is 0.412 bits per heavy atom. The molecule has 0 aliphatic rings. The highest BCUT2D eigenvalue weighted by Gasteiger charge is 2.31. The van der Waals surface area contributed by atoms with Crippen LogP contribution in [0.1, 0.15) is 23.6 Å². The van der Waals surface area contributed by atoms with Crippen LogP contribution in [0.3, 0.4) is 0 Å². The number of nitrogen functional groups attached to an aromatic ring is 3. The number of hydrogen-bond donors (Lipinski definition) is 3. The van der Waals surface area contributed by atoms with Crippen LogP contribution in [-0.2, 0) is 5.41 Å². The fourth-order valence-corrected chi connectivity index (χ4v) is 7.19. The number of rotatable bonds is 15. The number of azo groups is 3. The zero-order valence-electron chi connectivity index (χ0n) is 36.9. The molecule has 0 saturated carbocycles. The van der Waals surface area contributed by atoms with Crippen molar-refractivity contribution in [2.75, 3.05) is 17.2 Å². The third-order valence-corrected chi connectivity index (χ3v) is 11.0. The van der Waals surface area contributed by atoms with Crippen LogP contribution >= 0.6 is 0 Å². The van der Waals surface area contributed by atoms with Gasteiger partial charge in [-0.05, 0) is 206 Å². The third kappa shape index (κ3) is 11.1. The van der Waals surface area contributed by atoms with Crippen LogP contribution in [0, 0.1) is 0 Å². The van der Waals surface area contributed by atoms with Crippen molar-refractivity contribution in [3.8, 4) is 34.5 Å². The molecule has 9 aromatic carbocycles. The summed E-state index contributed by atoms with van der Waals surface area (Å²) < 4.78 is 18.8. The Balaban J connectivity index is 0.921. The summed E-state index contributed by atoms with van der Waals surface area (Å²) in [6, 6.07) is 68.5. The van der Waals surface area contributed by atoms with Gasteiger partial charge in [-0.2, -0.15) is 30.7 Å². The molecule has 0 atom stereocenters. The fraction of sp³-hybridized carbons (Fsp3) is 0.0357. The molecule has 0 radical (unpaired) electrons. The van der Waals surface area contributed by atoms with Crippen molar-refractivity contribution >= 4 is 51.2 Å². The Kier molecular flexibility index (Phi) is 13.0. The van der Waals surface area contributed by atoms with Crippen LogP contribution in [0.4, 0.5) is 51.2 Å². The van der Waals surface area contributed by atoms with Gasteiger partial charge in [-0.1, -0.05) is 36.4 Å². The molecule has 0 saturated heterocycles. The monoisotopic (exact) mass is 891 g/mol. The molecule has 0 fully saturated rings. The summed E-state index contributed by atoms with van der Waals surface area (Å²) in [5.74, 6) is 4.09. The van der Waals surface area contributed by atoms with E-state index in [0.29, 0.717) is 68.6 Å². The minimum Gasteiger partial charge on any atom is -0.457 e. The molecule has 9 rings (SSSR count). The topological polar surface area (TPSA) is 180 Å². The summed E-state index contributed by atoms with van der Waals surface area (Å²) in [6.07, 6.45) is 0. The fourth-order valence-electron chi connectivity index (χ4n) is 7.19. The van der Waals surface area contributed by atoms with E-state index in [1.54, 1.807) is 36.4 Å². The van der Waals surface area contributed by atoms with Gasteiger partial charge in [-0.15, -0.1) is 0 Å². The summed E-state index contributed by atoms with van der Waals surface area (Å²) in [7, 11) is 0. The second-order valence-corrected chi connectivity index (χ2v) is 15.9. The van der Waals surface area contributed by atoms with E-state index in [-0.39, 0.29) is 0 Å². The van der Waals surface area contributed by atoms with E-state index in [1.807, 2.05) is 146 Å². The molecule has 0 amide bonds. The third-order valence-electron chi connectivity index (χ3n) is 11.0. The molecule has 0 spiro atoms. The van der Waals surface area contributed by atoms with E-state index in [2.05, 4.69) is 74.0 Å². The maximum absolute atomic E-state index is 6.27. The van der Waals surface area contributed by atoms with Crippen LogP contribution in [0.15, 0.2) is 249 Å². The lowest BCUT2D eigenvalue weighted by atomic mass is 9.71. The lowest BCUT2D eigenvalue weighted by Crippen LogP contribution is -2.25. The highest BCUT2D eigenvalue weighted by atomic mass is 16.5. The van der Waals surface area contributed by atoms with E-state index in [1.165, 1.54) is 0 Å². The van der Waals surface area contributed by atoms with Gasteiger partial charge in [-0.25, -0.2) is 0 Å². The largest absolute Gasteiger partial charge is 0.457 e. The van der Waals surface area contributed by atoms with Crippen molar-refractivity contribution in [2.24, 2.45) is 30.7 Å². The molecule has 12 heteroatoms. The van der Waals surface area contributed by atoms with Gasteiger partial charge in [-0.3, -0.25) is 0 Å². The molecule has 9 aromatic rings. The first-order chi connectivity index (χ1) is 33.2. The smallest absolute Gasteiger partial charge is 0.127 e. The maximum Gasteiger partial charge on any atom is 0.127 e. The first kappa shape index (κ1) is 43.8. The number of ether oxygens (including phenoxy) is 3. The van der Waals surface area contributed by atoms with Crippen LogP contribution in [0.5, 0.6) is 34.5 Å². The average Bonchev–Trinajstić information content (AvgIpc) is 3.37. The molecular weight excluding hydrogens is 847 g/mol. The van der Waals surface area contributed by atoms with E-state index < -0.39 is 5.41 Å². The lowest BCUT2D eigenvalue weighted by Gasteiger charge is -2.32. The molecule has 12 nitrogen and oxygen atoms in total. The number of benzene rings is 9. The van der Waals surface area contributed by atoms with Crippen LogP contribution < -0.4 is 31.4 Å². The number of anilines is 3.